The third-order valence-corrected chi connectivity index (χ3v) is 3.39. The fourth-order valence-corrected chi connectivity index (χ4v) is 2.26. The molecule has 1 aliphatic rings. The molecule has 0 spiro atoms. The van der Waals surface area contributed by atoms with Crippen LogP contribution in [0.5, 0.6) is 0 Å². The lowest BCUT2D eigenvalue weighted by molar-refractivity contribution is 0.180. The lowest BCUT2D eigenvalue weighted by Gasteiger charge is -2.20. The van der Waals surface area contributed by atoms with E-state index in [4.69, 9.17) is 5.11 Å². The summed E-state index contributed by atoms with van der Waals surface area (Å²) in [5.41, 5.74) is 2.45. The van der Waals surface area contributed by atoms with Gasteiger partial charge in [0.15, 0.2) is 0 Å². The van der Waals surface area contributed by atoms with Crippen LogP contribution in [0.25, 0.3) is 0 Å². The SMILES string of the molecule is CCc1cc(CN(CCO)C2CC2)n(CC)n1. The topological polar surface area (TPSA) is 41.3 Å². The Kier molecular flexibility index (Phi) is 4.18. The molecular formula is C13H23N3O. The van der Waals surface area contributed by atoms with Crippen molar-refractivity contribution in [3.05, 3.63) is 17.5 Å². The van der Waals surface area contributed by atoms with E-state index in [9.17, 15) is 0 Å². The molecule has 1 fully saturated rings. The Hall–Kier alpha value is -0.870. The van der Waals surface area contributed by atoms with Gasteiger partial charge in [0, 0.05) is 25.7 Å². The van der Waals surface area contributed by atoms with Gasteiger partial charge in [-0.2, -0.15) is 5.10 Å². The minimum Gasteiger partial charge on any atom is -0.395 e. The first-order chi connectivity index (χ1) is 8.28. The maximum Gasteiger partial charge on any atom is 0.0625 e. The molecule has 4 nitrogen and oxygen atoms in total. The van der Waals surface area contributed by atoms with Crippen molar-refractivity contribution in [1.82, 2.24) is 14.7 Å². The van der Waals surface area contributed by atoms with E-state index < -0.39 is 0 Å². The van der Waals surface area contributed by atoms with Crippen LogP contribution in [0.3, 0.4) is 0 Å². The average molecular weight is 237 g/mol. The standard InChI is InChI=1S/C13H23N3O/c1-3-11-9-13(16(4-2)14-11)10-15(7-8-17)12-5-6-12/h9,12,17H,3-8,10H2,1-2H3. The Balaban J connectivity index is 2.06. The fraction of sp³-hybridized carbons (Fsp3) is 0.769. The number of hydrogen-bond acceptors (Lipinski definition) is 3. The van der Waals surface area contributed by atoms with Crippen molar-refractivity contribution in [3.63, 3.8) is 0 Å². The largest absolute Gasteiger partial charge is 0.395 e. The van der Waals surface area contributed by atoms with Crippen LogP contribution in [0.2, 0.25) is 0 Å². The lowest BCUT2D eigenvalue weighted by atomic mass is 10.3. The molecule has 17 heavy (non-hydrogen) atoms. The van der Waals surface area contributed by atoms with Crippen molar-refractivity contribution in [2.75, 3.05) is 13.2 Å². The smallest absolute Gasteiger partial charge is 0.0625 e. The highest BCUT2D eigenvalue weighted by Crippen LogP contribution is 2.28. The molecule has 0 radical (unpaired) electrons. The van der Waals surface area contributed by atoms with Crippen LogP contribution in [-0.2, 0) is 19.5 Å². The number of aliphatic hydroxyl groups is 1. The molecule has 0 aromatic carbocycles. The molecule has 1 heterocycles. The quantitative estimate of drug-likeness (QED) is 0.780. The van der Waals surface area contributed by atoms with Gasteiger partial charge in [-0.1, -0.05) is 6.92 Å². The minimum absolute atomic E-state index is 0.247. The highest BCUT2D eigenvalue weighted by molar-refractivity contribution is 5.11. The van der Waals surface area contributed by atoms with Gasteiger partial charge in [-0.05, 0) is 32.3 Å². The van der Waals surface area contributed by atoms with Gasteiger partial charge in [-0.3, -0.25) is 9.58 Å². The molecule has 1 aromatic rings. The zero-order chi connectivity index (χ0) is 12.3. The maximum atomic E-state index is 9.11. The van der Waals surface area contributed by atoms with Gasteiger partial charge in [-0.25, -0.2) is 0 Å². The molecular weight excluding hydrogens is 214 g/mol. The van der Waals surface area contributed by atoms with Crippen molar-refractivity contribution >= 4 is 0 Å². The molecule has 96 valence electrons. The van der Waals surface area contributed by atoms with Crippen LogP contribution in [-0.4, -0.2) is 39.0 Å². The van der Waals surface area contributed by atoms with Crippen molar-refractivity contribution in [1.29, 1.82) is 0 Å². The third-order valence-electron chi connectivity index (χ3n) is 3.39. The Morgan fingerprint density at radius 3 is 2.76 bits per heavy atom. The highest BCUT2D eigenvalue weighted by atomic mass is 16.3. The Morgan fingerprint density at radius 1 is 1.47 bits per heavy atom. The van der Waals surface area contributed by atoms with Gasteiger partial charge < -0.3 is 5.11 Å². The van der Waals surface area contributed by atoms with Crippen LogP contribution in [0.4, 0.5) is 0 Å². The molecule has 0 bridgehead atoms. The molecule has 0 saturated heterocycles. The van der Waals surface area contributed by atoms with E-state index in [-0.39, 0.29) is 6.61 Å². The zero-order valence-corrected chi connectivity index (χ0v) is 10.9. The molecule has 1 saturated carbocycles. The minimum atomic E-state index is 0.247. The second-order valence-corrected chi connectivity index (χ2v) is 4.72. The van der Waals surface area contributed by atoms with Crippen molar-refractivity contribution in [2.45, 2.75) is 52.2 Å². The fourth-order valence-electron chi connectivity index (χ4n) is 2.26. The van der Waals surface area contributed by atoms with Gasteiger partial charge in [0.05, 0.1) is 18.0 Å². The summed E-state index contributed by atoms with van der Waals surface area (Å²) in [6, 6.07) is 2.89. The van der Waals surface area contributed by atoms with E-state index in [1.807, 2.05) is 0 Å². The van der Waals surface area contributed by atoms with Crippen molar-refractivity contribution in [3.8, 4) is 0 Å². The second-order valence-electron chi connectivity index (χ2n) is 4.72. The van der Waals surface area contributed by atoms with Crippen LogP contribution < -0.4 is 0 Å². The summed E-state index contributed by atoms with van der Waals surface area (Å²) >= 11 is 0. The number of hydrogen-bond donors (Lipinski definition) is 1. The predicted molar refractivity (Wildman–Crippen MR) is 67.8 cm³/mol. The molecule has 4 heteroatoms. The first-order valence-electron chi connectivity index (χ1n) is 6.69. The first kappa shape index (κ1) is 12.6. The van der Waals surface area contributed by atoms with Gasteiger partial charge in [0.1, 0.15) is 0 Å². The van der Waals surface area contributed by atoms with Crippen LogP contribution in [0.1, 0.15) is 38.1 Å². The summed E-state index contributed by atoms with van der Waals surface area (Å²) in [6.45, 7) is 7.14. The summed E-state index contributed by atoms with van der Waals surface area (Å²) in [6.07, 6.45) is 3.55. The summed E-state index contributed by atoms with van der Waals surface area (Å²) in [7, 11) is 0. The summed E-state index contributed by atoms with van der Waals surface area (Å²) in [4.78, 5) is 2.38. The predicted octanol–water partition coefficient (Wildman–Crippen LogP) is 1.42. The second kappa shape index (κ2) is 5.65. The van der Waals surface area contributed by atoms with E-state index >= 15 is 0 Å². The monoisotopic (exact) mass is 237 g/mol. The number of aliphatic hydroxyl groups excluding tert-OH is 1. The average Bonchev–Trinajstić information content (AvgIpc) is 3.10. The van der Waals surface area contributed by atoms with Crippen molar-refractivity contribution < 1.29 is 5.11 Å². The third kappa shape index (κ3) is 3.07. The molecule has 0 amide bonds. The molecule has 1 N–H and O–H groups in total. The van der Waals surface area contributed by atoms with Gasteiger partial charge in [0.2, 0.25) is 0 Å². The lowest BCUT2D eigenvalue weighted by Crippen LogP contribution is -2.29. The van der Waals surface area contributed by atoms with Crippen LogP contribution in [0.15, 0.2) is 6.07 Å². The molecule has 0 atom stereocenters. The van der Waals surface area contributed by atoms with Crippen molar-refractivity contribution in [2.24, 2.45) is 0 Å². The first-order valence-corrected chi connectivity index (χ1v) is 6.69. The number of nitrogens with zero attached hydrogens (tertiary/aromatic N) is 3. The van der Waals surface area contributed by atoms with Crippen LogP contribution in [0, 0.1) is 0 Å². The van der Waals surface area contributed by atoms with Gasteiger partial charge in [0.25, 0.3) is 0 Å². The number of rotatable bonds is 7. The van der Waals surface area contributed by atoms with E-state index in [0.29, 0.717) is 6.04 Å². The van der Waals surface area contributed by atoms with Crippen LogP contribution >= 0.6 is 0 Å². The molecule has 0 unspecified atom stereocenters. The Morgan fingerprint density at radius 2 is 2.24 bits per heavy atom. The van der Waals surface area contributed by atoms with E-state index in [1.165, 1.54) is 24.2 Å². The van der Waals surface area contributed by atoms with Gasteiger partial charge >= 0.3 is 0 Å². The molecule has 1 aliphatic carbocycles. The van der Waals surface area contributed by atoms with Gasteiger partial charge in [-0.15, -0.1) is 0 Å². The highest BCUT2D eigenvalue weighted by Gasteiger charge is 2.29. The number of aryl methyl sites for hydroxylation is 2. The maximum absolute atomic E-state index is 9.11. The van der Waals surface area contributed by atoms with E-state index in [1.54, 1.807) is 0 Å². The van der Waals surface area contributed by atoms with E-state index in [0.717, 1.165) is 26.1 Å². The zero-order valence-electron chi connectivity index (χ0n) is 10.9. The molecule has 1 aromatic heterocycles. The summed E-state index contributed by atoms with van der Waals surface area (Å²) in [5, 5.41) is 13.7. The molecule has 0 aliphatic heterocycles. The number of aromatic nitrogens is 2. The Labute approximate surface area is 103 Å². The van der Waals surface area contributed by atoms with E-state index in [2.05, 4.69) is 34.6 Å². The molecule has 2 rings (SSSR count). The normalized spacial score (nSPS) is 15.8. The Bertz CT molecular complexity index is 358. The summed E-state index contributed by atoms with van der Waals surface area (Å²) < 4.78 is 2.09. The summed E-state index contributed by atoms with van der Waals surface area (Å²) in [5.74, 6) is 0.